The van der Waals surface area contributed by atoms with E-state index < -0.39 is 16.0 Å². The second-order valence-corrected chi connectivity index (χ2v) is 6.63. The Bertz CT molecular complexity index is 626. The molecule has 1 saturated heterocycles. The van der Waals surface area contributed by atoms with Crippen LogP contribution in [0.15, 0.2) is 23.1 Å². The summed E-state index contributed by atoms with van der Waals surface area (Å²) in [7, 11) is -3.71. The van der Waals surface area contributed by atoms with Gasteiger partial charge >= 0.3 is 5.97 Å². The molecule has 1 aromatic carbocycles. The van der Waals surface area contributed by atoms with Gasteiger partial charge in [0.25, 0.3) is 0 Å². The summed E-state index contributed by atoms with van der Waals surface area (Å²) in [4.78, 5) is 11.2. The molecular weight excluding hydrogens is 282 g/mol. The first kappa shape index (κ1) is 15.0. The standard InChI is InChI=1S/C13H17NO5S/c1-9-8-19-7-6-14(9)20(17,18)12-5-3-4-11(10(12)2)13(15)16/h3-5,9H,6-8H2,1-2H3,(H,15,16)/t9-/m1/s1. The number of nitrogens with zero attached hydrogens (tertiary/aromatic N) is 1. The van der Waals surface area contributed by atoms with Gasteiger partial charge in [0.05, 0.1) is 23.7 Å². The van der Waals surface area contributed by atoms with Crippen LogP contribution in [0.4, 0.5) is 0 Å². The number of hydrogen-bond acceptors (Lipinski definition) is 4. The monoisotopic (exact) mass is 299 g/mol. The Morgan fingerprint density at radius 2 is 2.15 bits per heavy atom. The Morgan fingerprint density at radius 1 is 1.45 bits per heavy atom. The zero-order chi connectivity index (χ0) is 14.9. The lowest BCUT2D eigenvalue weighted by atomic mass is 10.1. The van der Waals surface area contributed by atoms with E-state index in [1.54, 1.807) is 6.92 Å². The van der Waals surface area contributed by atoms with E-state index in [1.165, 1.54) is 29.4 Å². The largest absolute Gasteiger partial charge is 0.478 e. The van der Waals surface area contributed by atoms with Gasteiger partial charge in [-0.05, 0) is 31.5 Å². The molecule has 0 aliphatic carbocycles. The minimum Gasteiger partial charge on any atom is -0.478 e. The van der Waals surface area contributed by atoms with E-state index in [9.17, 15) is 13.2 Å². The van der Waals surface area contributed by atoms with Crippen molar-refractivity contribution in [1.82, 2.24) is 4.31 Å². The van der Waals surface area contributed by atoms with Crippen LogP contribution in [0.25, 0.3) is 0 Å². The molecule has 6 nitrogen and oxygen atoms in total. The number of carboxylic acid groups (broad SMARTS) is 1. The summed E-state index contributed by atoms with van der Waals surface area (Å²) in [6.45, 7) is 4.26. The van der Waals surface area contributed by atoms with Crippen molar-refractivity contribution in [3.05, 3.63) is 29.3 Å². The number of rotatable bonds is 3. The summed E-state index contributed by atoms with van der Waals surface area (Å²) in [6, 6.07) is 4.04. The molecule has 110 valence electrons. The van der Waals surface area contributed by atoms with Crippen molar-refractivity contribution >= 4 is 16.0 Å². The molecule has 0 radical (unpaired) electrons. The van der Waals surface area contributed by atoms with Gasteiger partial charge in [-0.1, -0.05) is 6.07 Å². The highest BCUT2D eigenvalue weighted by molar-refractivity contribution is 7.89. The van der Waals surface area contributed by atoms with Crippen LogP contribution in [-0.2, 0) is 14.8 Å². The highest BCUT2D eigenvalue weighted by Crippen LogP contribution is 2.25. The number of carboxylic acids is 1. The second kappa shape index (κ2) is 5.51. The third kappa shape index (κ3) is 2.56. The average molecular weight is 299 g/mol. The van der Waals surface area contributed by atoms with Crippen molar-refractivity contribution in [2.24, 2.45) is 0 Å². The van der Waals surface area contributed by atoms with Gasteiger partial charge in [0.15, 0.2) is 0 Å². The van der Waals surface area contributed by atoms with Gasteiger partial charge in [0.1, 0.15) is 0 Å². The maximum absolute atomic E-state index is 12.7. The summed E-state index contributed by atoms with van der Waals surface area (Å²) in [5.41, 5.74) is 0.269. The lowest BCUT2D eigenvalue weighted by molar-refractivity contribution is 0.0392. The van der Waals surface area contributed by atoms with Crippen LogP contribution in [0.3, 0.4) is 0 Å². The van der Waals surface area contributed by atoms with Crippen LogP contribution in [-0.4, -0.2) is 49.6 Å². The molecule has 1 atom stereocenters. The maximum Gasteiger partial charge on any atom is 0.335 e. The highest BCUT2D eigenvalue weighted by atomic mass is 32.2. The predicted octanol–water partition coefficient (Wildman–Crippen LogP) is 1.10. The lowest BCUT2D eigenvalue weighted by Gasteiger charge is -2.32. The number of morpholine rings is 1. The molecule has 2 rings (SSSR count). The Kier molecular flexibility index (Phi) is 4.12. The number of hydrogen-bond donors (Lipinski definition) is 1. The Balaban J connectivity index is 2.49. The first-order chi connectivity index (χ1) is 9.35. The molecule has 0 saturated carbocycles. The molecule has 1 fully saturated rings. The van der Waals surface area contributed by atoms with E-state index in [0.29, 0.717) is 13.2 Å². The summed E-state index contributed by atoms with van der Waals surface area (Å²) in [6.07, 6.45) is 0. The third-order valence-electron chi connectivity index (χ3n) is 3.41. The molecule has 1 aliphatic heterocycles. The smallest absolute Gasteiger partial charge is 0.335 e. The number of benzene rings is 1. The van der Waals surface area contributed by atoms with Gasteiger partial charge in [0.2, 0.25) is 10.0 Å². The van der Waals surface area contributed by atoms with Gasteiger partial charge in [-0.2, -0.15) is 4.31 Å². The summed E-state index contributed by atoms with van der Waals surface area (Å²) in [5.74, 6) is -1.13. The molecule has 0 bridgehead atoms. The fourth-order valence-corrected chi connectivity index (χ4v) is 4.17. The van der Waals surface area contributed by atoms with Crippen LogP contribution in [0, 0.1) is 6.92 Å². The Morgan fingerprint density at radius 3 is 2.75 bits per heavy atom. The van der Waals surface area contributed by atoms with Crippen molar-refractivity contribution in [2.75, 3.05) is 19.8 Å². The molecular formula is C13H17NO5S. The molecule has 7 heteroatoms. The molecule has 20 heavy (non-hydrogen) atoms. The summed E-state index contributed by atoms with van der Waals surface area (Å²) in [5, 5.41) is 9.09. The van der Waals surface area contributed by atoms with E-state index in [2.05, 4.69) is 0 Å². The van der Waals surface area contributed by atoms with Crippen LogP contribution < -0.4 is 0 Å². The molecule has 1 aromatic rings. The average Bonchev–Trinajstić information content (AvgIpc) is 2.38. The molecule has 0 unspecified atom stereocenters. The van der Waals surface area contributed by atoms with Gasteiger partial charge in [-0.15, -0.1) is 0 Å². The van der Waals surface area contributed by atoms with Gasteiger partial charge in [-0.25, -0.2) is 13.2 Å². The minimum absolute atomic E-state index is 0.00647. The number of carbonyl (C=O) groups is 1. The van der Waals surface area contributed by atoms with Crippen molar-refractivity contribution in [3.8, 4) is 0 Å². The fraction of sp³-hybridized carbons (Fsp3) is 0.462. The zero-order valence-corrected chi connectivity index (χ0v) is 12.2. The van der Waals surface area contributed by atoms with Gasteiger partial charge in [-0.3, -0.25) is 0 Å². The van der Waals surface area contributed by atoms with Crippen molar-refractivity contribution < 1.29 is 23.1 Å². The number of sulfonamides is 1. The normalized spacial score (nSPS) is 20.8. The molecule has 0 amide bonds. The highest BCUT2D eigenvalue weighted by Gasteiger charge is 2.33. The second-order valence-electron chi connectivity index (χ2n) is 4.77. The predicted molar refractivity (Wildman–Crippen MR) is 72.3 cm³/mol. The molecule has 1 N–H and O–H groups in total. The Labute approximate surface area is 118 Å². The Hall–Kier alpha value is -1.44. The minimum atomic E-state index is -3.71. The maximum atomic E-state index is 12.7. The summed E-state index contributed by atoms with van der Waals surface area (Å²) >= 11 is 0. The first-order valence-corrected chi connectivity index (χ1v) is 7.72. The van der Waals surface area contributed by atoms with Crippen LogP contribution in [0.1, 0.15) is 22.8 Å². The van der Waals surface area contributed by atoms with E-state index in [0.717, 1.165) is 0 Å². The molecule has 0 spiro atoms. The molecule has 0 aromatic heterocycles. The SMILES string of the molecule is Cc1c(C(=O)O)cccc1S(=O)(=O)N1CCOC[C@H]1C. The van der Waals surface area contributed by atoms with Gasteiger partial charge in [0, 0.05) is 12.6 Å². The van der Waals surface area contributed by atoms with Crippen molar-refractivity contribution in [3.63, 3.8) is 0 Å². The van der Waals surface area contributed by atoms with E-state index >= 15 is 0 Å². The van der Waals surface area contributed by atoms with Crippen LogP contribution in [0.2, 0.25) is 0 Å². The third-order valence-corrected chi connectivity index (χ3v) is 5.57. The van der Waals surface area contributed by atoms with E-state index in [-0.39, 0.29) is 28.6 Å². The molecule has 1 heterocycles. The number of aromatic carboxylic acids is 1. The quantitative estimate of drug-likeness (QED) is 0.903. The first-order valence-electron chi connectivity index (χ1n) is 6.28. The lowest BCUT2D eigenvalue weighted by Crippen LogP contribution is -2.47. The van der Waals surface area contributed by atoms with Crippen molar-refractivity contribution in [1.29, 1.82) is 0 Å². The van der Waals surface area contributed by atoms with E-state index in [1.807, 2.05) is 0 Å². The van der Waals surface area contributed by atoms with Gasteiger partial charge < -0.3 is 9.84 Å². The van der Waals surface area contributed by atoms with Crippen molar-refractivity contribution in [2.45, 2.75) is 24.8 Å². The van der Waals surface area contributed by atoms with Crippen LogP contribution in [0.5, 0.6) is 0 Å². The topological polar surface area (TPSA) is 83.9 Å². The van der Waals surface area contributed by atoms with E-state index in [4.69, 9.17) is 9.84 Å². The fourth-order valence-electron chi connectivity index (χ4n) is 2.32. The molecule has 1 aliphatic rings. The summed E-state index contributed by atoms with van der Waals surface area (Å²) < 4.78 is 31.9. The number of ether oxygens (including phenoxy) is 1. The zero-order valence-electron chi connectivity index (χ0n) is 11.4. The van der Waals surface area contributed by atoms with Crippen LogP contribution >= 0.6 is 0 Å².